The normalized spacial score (nSPS) is 21.1. The van der Waals surface area contributed by atoms with Gasteiger partial charge >= 0.3 is 0 Å². The van der Waals surface area contributed by atoms with E-state index < -0.39 is 9.84 Å². The van der Waals surface area contributed by atoms with Gasteiger partial charge in [-0.1, -0.05) is 25.6 Å². The average Bonchev–Trinajstić information content (AvgIpc) is 3.01. The molecule has 1 aliphatic rings. The SMILES string of the molecule is CC(C)CNC(=O)[C@H](C)Sc1nnc(C[C@H]2CCS(=O)(=O)C2)n1C. The smallest absolute Gasteiger partial charge is 0.233 e. The molecule has 7 nitrogen and oxygen atoms in total. The van der Waals surface area contributed by atoms with E-state index in [4.69, 9.17) is 0 Å². The lowest BCUT2D eigenvalue weighted by molar-refractivity contribution is -0.120. The van der Waals surface area contributed by atoms with Crippen molar-refractivity contribution in [3.8, 4) is 0 Å². The van der Waals surface area contributed by atoms with Crippen molar-refractivity contribution < 1.29 is 13.2 Å². The number of hydrogen-bond donors (Lipinski definition) is 1. The van der Waals surface area contributed by atoms with Gasteiger partial charge in [0.1, 0.15) is 5.82 Å². The zero-order valence-corrected chi connectivity index (χ0v) is 16.3. The van der Waals surface area contributed by atoms with Crippen LogP contribution in [0.4, 0.5) is 0 Å². The first-order chi connectivity index (χ1) is 11.2. The molecule has 0 saturated carbocycles. The highest BCUT2D eigenvalue weighted by Crippen LogP contribution is 2.25. The molecule has 1 N–H and O–H groups in total. The molecular weight excluding hydrogens is 348 g/mol. The molecule has 2 atom stereocenters. The van der Waals surface area contributed by atoms with E-state index in [1.54, 1.807) is 0 Å². The predicted octanol–water partition coefficient (Wildman–Crippen LogP) is 1.05. The van der Waals surface area contributed by atoms with Gasteiger partial charge in [0.25, 0.3) is 0 Å². The molecule has 0 bridgehead atoms. The molecule has 1 amide bonds. The lowest BCUT2D eigenvalue weighted by atomic mass is 10.1. The molecule has 1 aromatic heterocycles. The van der Waals surface area contributed by atoms with Crippen LogP contribution in [0.1, 0.15) is 33.0 Å². The summed E-state index contributed by atoms with van der Waals surface area (Å²) in [7, 11) is -1.02. The average molecular weight is 375 g/mol. The van der Waals surface area contributed by atoms with Gasteiger partial charge in [-0.05, 0) is 25.2 Å². The molecule has 0 aliphatic carbocycles. The van der Waals surface area contributed by atoms with Crippen molar-refractivity contribution >= 4 is 27.5 Å². The largest absolute Gasteiger partial charge is 0.355 e. The van der Waals surface area contributed by atoms with Crippen LogP contribution in [0.2, 0.25) is 0 Å². The molecule has 2 heterocycles. The summed E-state index contributed by atoms with van der Waals surface area (Å²) >= 11 is 1.37. The zero-order valence-electron chi connectivity index (χ0n) is 14.7. The Hall–Kier alpha value is -1.09. The first-order valence-electron chi connectivity index (χ1n) is 8.21. The van der Waals surface area contributed by atoms with Crippen LogP contribution in [0.5, 0.6) is 0 Å². The Kier molecular flexibility index (Phi) is 6.30. The van der Waals surface area contributed by atoms with E-state index in [0.29, 0.717) is 30.5 Å². The molecule has 0 unspecified atom stereocenters. The molecule has 24 heavy (non-hydrogen) atoms. The number of sulfone groups is 1. The molecule has 0 aromatic carbocycles. The highest BCUT2D eigenvalue weighted by molar-refractivity contribution is 8.00. The third-order valence-corrected chi connectivity index (χ3v) is 7.03. The van der Waals surface area contributed by atoms with E-state index >= 15 is 0 Å². The minimum atomic E-state index is -2.88. The Morgan fingerprint density at radius 3 is 2.67 bits per heavy atom. The highest BCUT2D eigenvalue weighted by Gasteiger charge is 2.29. The summed E-state index contributed by atoms with van der Waals surface area (Å²) in [5.41, 5.74) is 0. The van der Waals surface area contributed by atoms with Crippen molar-refractivity contribution in [1.29, 1.82) is 0 Å². The molecule has 0 radical (unpaired) electrons. The van der Waals surface area contributed by atoms with Crippen LogP contribution in [0, 0.1) is 11.8 Å². The van der Waals surface area contributed by atoms with E-state index in [1.165, 1.54) is 11.8 Å². The molecule has 136 valence electrons. The summed E-state index contributed by atoms with van der Waals surface area (Å²) in [6, 6.07) is 0. The Morgan fingerprint density at radius 1 is 1.38 bits per heavy atom. The maximum absolute atomic E-state index is 12.1. The standard InChI is InChI=1S/C15H26N4O3S2/c1-10(2)8-16-14(20)11(3)23-15-18-17-13(19(15)4)7-12-5-6-24(21,22)9-12/h10-12H,5-9H2,1-4H3,(H,16,20)/t11-,12+/m0/s1. The van der Waals surface area contributed by atoms with Crippen molar-refractivity contribution in [2.24, 2.45) is 18.9 Å². The summed E-state index contributed by atoms with van der Waals surface area (Å²) in [5, 5.41) is 11.7. The lowest BCUT2D eigenvalue weighted by Gasteiger charge is -2.13. The van der Waals surface area contributed by atoms with E-state index in [-0.39, 0.29) is 28.6 Å². The molecule has 2 rings (SSSR count). The van der Waals surface area contributed by atoms with Crippen LogP contribution in [-0.2, 0) is 28.1 Å². The van der Waals surface area contributed by atoms with Gasteiger partial charge < -0.3 is 9.88 Å². The third-order valence-electron chi connectivity index (χ3n) is 4.06. The third kappa shape index (κ3) is 5.20. The van der Waals surface area contributed by atoms with Gasteiger partial charge in [-0.25, -0.2) is 8.42 Å². The van der Waals surface area contributed by atoms with Gasteiger partial charge in [0, 0.05) is 20.0 Å². The van der Waals surface area contributed by atoms with Crippen molar-refractivity contribution in [3.05, 3.63) is 5.82 Å². The van der Waals surface area contributed by atoms with Crippen LogP contribution in [0.25, 0.3) is 0 Å². The van der Waals surface area contributed by atoms with Crippen molar-refractivity contribution in [1.82, 2.24) is 20.1 Å². The Balaban J connectivity index is 1.93. The minimum absolute atomic E-state index is 0.0138. The van der Waals surface area contributed by atoms with Gasteiger partial charge in [0.15, 0.2) is 15.0 Å². The fraction of sp³-hybridized carbons (Fsp3) is 0.800. The Morgan fingerprint density at radius 2 is 2.08 bits per heavy atom. The molecule has 1 fully saturated rings. The van der Waals surface area contributed by atoms with Crippen LogP contribution in [0.15, 0.2) is 5.16 Å². The Bertz CT molecular complexity index is 685. The summed E-state index contributed by atoms with van der Waals surface area (Å²) < 4.78 is 25.0. The van der Waals surface area contributed by atoms with Crippen LogP contribution < -0.4 is 5.32 Å². The van der Waals surface area contributed by atoms with Gasteiger partial charge in [0.2, 0.25) is 5.91 Å². The summed E-state index contributed by atoms with van der Waals surface area (Å²) in [6.45, 7) is 6.61. The van der Waals surface area contributed by atoms with Gasteiger partial charge in [0.05, 0.1) is 16.8 Å². The molecule has 1 saturated heterocycles. The fourth-order valence-corrected chi connectivity index (χ4v) is 5.30. The quantitative estimate of drug-likeness (QED) is 0.717. The summed E-state index contributed by atoms with van der Waals surface area (Å²) in [6.07, 6.45) is 1.29. The number of rotatable bonds is 7. The number of thioether (sulfide) groups is 1. The van der Waals surface area contributed by atoms with Crippen molar-refractivity contribution in [3.63, 3.8) is 0 Å². The number of nitrogens with one attached hydrogen (secondary N) is 1. The topological polar surface area (TPSA) is 94.0 Å². The lowest BCUT2D eigenvalue weighted by Crippen LogP contribution is -2.33. The number of amides is 1. The zero-order chi connectivity index (χ0) is 17.9. The first-order valence-corrected chi connectivity index (χ1v) is 10.9. The van der Waals surface area contributed by atoms with Crippen LogP contribution in [0.3, 0.4) is 0 Å². The maximum atomic E-state index is 12.1. The predicted molar refractivity (Wildman–Crippen MR) is 94.6 cm³/mol. The summed E-state index contributed by atoms with van der Waals surface area (Å²) in [5.74, 6) is 1.79. The van der Waals surface area contributed by atoms with Crippen LogP contribution >= 0.6 is 11.8 Å². The number of aromatic nitrogens is 3. The van der Waals surface area contributed by atoms with E-state index in [2.05, 4.69) is 29.4 Å². The number of carbonyl (C=O) groups is 1. The molecule has 1 aromatic rings. The molecule has 9 heteroatoms. The maximum Gasteiger partial charge on any atom is 0.233 e. The highest BCUT2D eigenvalue weighted by atomic mass is 32.2. The van der Waals surface area contributed by atoms with Gasteiger partial charge in [-0.3, -0.25) is 4.79 Å². The van der Waals surface area contributed by atoms with Crippen LogP contribution in [-0.4, -0.2) is 52.4 Å². The Labute approximate surface area is 147 Å². The van der Waals surface area contributed by atoms with E-state index in [9.17, 15) is 13.2 Å². The van der Waals surface area contributed by atoms with Crippen molar-refractivity contribution in [2.75, 3.05) is 18.1 Å². The van der Waals surface area contributed by atoms with E-state index in [1.807, 2.05) is 18.5 Å². The minimum Gasteiger partial charge on any atom is -0.355 e. The first kappa shape index (κ1) is 19.2. The molecular formula is C15H26N4O3S2. The second kappa shape index (κ2) is 7.86. The van der Waals surface area contributed by atoms with Gasteiger partial charge in [-0.2, -0.15) is 0 Å². The molecule has 0 spiro atoms. The van der Waals surface area contributed by atoms with Gasteiger partial charge in [-0.15, -0.1) is 10.2 Å². The second-order valence-electron chi connectivity index (χ2n) is 6.83. The number of carbonyl (C=O) groups excluding carboxylic acids is 1. The number of nitrogens with zero attached hydrogens (tertiary/aromatic N) is 3. The summed E-state index contributed by atoms with van der Waals surface area (Å²) in [4.78, 5) is 12.1. The van der Waals surface area contributed by atoms with Crippen molar-refractivity contribution in [2.45, 2.75) is 44.0 Å². The number of hydrogen-bond acceptors (Lipinski definition) is 6. The monoisotopic (exact) mass is 374 g/mol. The van der Waals surface area contributed by atoms with E-state index in [0.717, 1.165) is 5.82 Å². The molecule has 1 aliphatic heterocycles. The fourth-order valence-electron chi connectivity index (χ4n) is 2.58. The second-order valence-corrected chi connectivity index (χ2v) is 10.4.